The van der Waals surface area contributed by atoms with E-state index in [0.717, 1.165) is 0 Å². The topological polar surface area (TPSA) is 116 Å². The SMILES string of the molecule is O=C(CNS(=O)(=O)c1c(Cl)cccc1Cl)N1CCC(N2C(=O)CNC2=O)CC1. The molecule has 2 aliphatic rings. The van der Waals surface area contributed by atoms with E-state index in [1.54, 1.807) is 0 Å². The van der Waals surface area contributed by atoms with Crippen molar-refractivity contribution in [1.82, 2.24) is 19.8 Å². The number of hydrogen-bond acceptors (Lipinski definition) is 5. The third-order valence-electron chi connectivity index (χ3n) is 4.66. The second-order valence-electron chi connectivity index (χ2n) is 6.41. The molecule has 0 radical (unpaired) electrons. The number of imide groups is 1. The predicted octanol–water partition coefficient (Wildman–Crippen LogP) is 0.815. The molecule has 0 spiro atoms. The molecule has 0 aromatic heterocycles. The number of nitrogens with one attached hydrogen (secondary N) is 2. The predicted molar refractivity (Wildman–Crippen MR) is 101 cm³/mol. The number of nitrogens with zero attached hydrogens (tertiary/aromatic N) is 2. The summed E-state index contributed by atoms with van der Waals surface area (Å²) < 4.78 is 27.1. The normalized spacial score (nSPS) is 18.5. The van der Waals surface area contributed by atoms with Crippen LogP contribution in [-0.4, -0.2) is 68.3 Å². The van der Waals surface area contributed by atoms with E-state index in [1.807, 2.05) is 0 Å². The van der Waals surface area contributed by atoms with Crippen molar-refractivity contribution in [2.75, 3.05) is 26.2 Å². The number of urea groups is 1. The van der Waals surface area contributed by atoms with Crippen LogP contribution in [0.25, 0.3) is 0 Å². The minimum Gasteiger partial charge on any atom is -0.341 e. The number of halogens is 2. The van der Waals surface area contributed by atoms with Crippen molar-refractivity contribution >= 4 is 51.1 Å². The molecule has 0 bridgehead atoms. The van der Waals surface area contributed by atoms with E-state index >= 15 is 0 Å². The van der Waals surface area contributed by atoms with Gasteiger partial charge in [-0.2, -0.15) is 0 Å². The van der Waals surface area contributed by atoms with Crippen LogP contribution in [-0.2, 0) is 19.6 Å². The number of amides is 4. The lowest BCUT2D eigenvalue weighted by atomic mass is 10.0. The smallest absolute Gasteiger partial charge is 0.324 e. The van der Waals surface area contributed by atoms with E-state index in [-0.39, 0.29) is 33.4 Å². The summed E-state index contributed by atoms with van der Waals surface area (Å²) in [5, 5.41) is 2.39. The first-order chi connectivity index (χ1) is 13.2. The van der Waals surface area contributed by atoms with Gasteiger partial charge in [-0.05, 0) is 25.0 Å². The zero-order valence-corrected chi connectivity index (χ0v) is 17.0. The Kier molecular flexibility index (Phi) is 6.13. The number of carbonyl (C=O) groups excluding carboxylic acids is 3. The van der Waals surface area contributed by atoms with Crippen molar-refractivity contribution in [2.24, 2.45) is 0 Å². The Morgan fingerprint density at radius 3 is 2.32 bits per heavy atom. The number of sulfonamides is 1. The molecule has 2 heterocycles. The van der Waals surface area contributed by atoms with Gasteiger partial charge in [-0.25, -0.2) is 17.9 Å². The van der Waals surface area contributed by atoms with Gasteiger partial charge in [0.2, 0.25) is 21.8 Å². The first-order valence-electron chi connectivity index (χ1n) is 8.52. The molecular formula is C16H18Cl2N4O5S. The van der Waals surface area contributed by atoms with Crippen molar-refractivity contribution in [1.29, 1.82) is 0 Å². The van der Waals surface area contributed by atoms with Crippen LogP contribution in [0.3, 0.4) is 0 Å². The lowest BCUT2D eigenvalue weighted by Gasteiger charge is -2.35. The summed E-state index contributed by atoms with van der Waals surface area (Å²) in [5.74, 6) is -0.693. The quantitative estimate of drug-likeness (QED) is 0.646. The Hall–Kier alpha value is -1.88. The average molecular weight is 449 g/mol. The van der Waals surface area contributed by atoms with Crippen LogP contribution in [0.1, 0.15) is 12.8 Å². The number of hydrogen-bond donors (Lipinski definition) is 2. The molecule has 2 aliphatic heterocycles. The molecule has 2 saturated heterocycles. The molecule has 0 aliphatic carbocycles. The van der Waals surface area contributed by atoms with Gasteiger partial charge in [0, 0.05) is 19.1 Å². The van der Waals surface area contributed by atoms with E-state index in [4.69, 9.17) is 23.2 Å². The molecule has 12 heteroatoms. The van der Waals surface area contributed by atoms with E-state index in [1.165, 1.54) is 28.0 Å². The third-order valence-corrected chi connectivity index (χ3v) is 7.02. The molecule has 9 nitrogen and oxygen atoms in total. The van der Waals surface area contributed by atoms with Gasteiger partial charge in [0.1, 0.15) is 4.90 Å². The third kappa shape index (κ3) is 4.24. The maximum Gasteiger partial charge on any atom is 0.324 e. The fourth-order valence-corrected chi connectivity index (χ4v) is 5.37. The summed E-state index contributed by atoms with van der Waals surface area (Å²) in [6.07, 6.45) is 0.877. The van der Waals surface area contributed by atoms with Gasteiger partial charge in [-0.15, -0.1) is 0 Å². The van der Waals surface area contributed by atoms with Gasteiger partial charge in [0.15, 0.2) is 0 Å². The molecule has 28 heavy (non-hydrogen) atoms. The minimum absolute atomic E-state index is 0.00956. The van der Waals surface area contributed by atoms with Crippen molar-refractivity contribution in [3.63, 3.8) is 0 Å². The van der Waals surface area contributed by atoms with Crippen LogP contribution in [0.15, 0.2) is 23.1 Å². The molecule has 0 unspecified atom stereocenters. The first kappa shape index (κ1) is 20.8. The van der Waals surface area contributed by atoms with Crippen molar-refractivity contribution in [3.8, 4) is 0 Å². The fourth-order valence-electron chi connectivity index (χ4n) is 3.26. The summed E-state index contributed by atoms with van der Waals surface area (Å²) in [6.45, 7) is 0.173. The van der Waals surface area contributed by atoms with E-state index in [0.29, 0.717) is 25.9 Å². The summed E-state index contributed by atoms with van der Waals surface area (Å²) in [6, 6.07) is 3.62. The Morgan fingerprint density at radius 2 is 1.79 bits per heavy atom. The molecule has 3 rings (SSSR count). The largest absolute Gasteiger partial charge is 0.341 e. The first-order valence-corrected chi connectivity index (χ1v) is 10.8. The monoisotopic (exact) mass is 448 g/mol. The van der Waals surface area contributed by atoms with E-state index in [2.05, 4.69) is 10.0 Å². The van der Waals surface area contributed by atoms with Gasteiger partial charge >= 0.3 is 6.03 Å². The van der Waals surface area contributed by atoms with Gasteiger partial charge in [-0.3, -0.25) is 14.5 Å². The summed E-state index contributed by atoms with van der Waals surface area (Å²) in [7, 11) is -4.06. The lowest BCUT2D eigenvalue weighted by Crippen LogP contribution is -2.50. The molecule has 1 aromatic carbocycles. The summed E-state index contributed by atoms with van der Waals surface area (Å²) in [5.41, 5.74) is 0. The number of piperidine rings is 1. The Balaban J connectivity index is 1.56. The Morgan fingerprint density at radius 1 is 1.18 bits per heavy atom. The molecule has 2 N–H and O–H groups in total. The molecule has 0 atom stereocenters. The van der Waals surface area contributed by atoms with E-state index < -0.39 is 28.5 Å². The zero-order valence-electron chi connectivity index (χ0n) is 14.7. The lowest BCUT2D eigenvalue weighted by molar-refractivity contribution is -0.132. The molecule has 4 amide bonds. The maximum absolute atomic E-state index is 12.4. The summed E-state index contributed by atoms with van der Waals surface area (Å²) >= 11 is 11.8. The highest BCUT2D eigenvalue weighted by Crippen LogP contribution is 2.28. The number of carbonyl (C=O) groups is 3. The van der Waals surface area contributed by atoms with Crippen molar-refractivity contribution < 1.29 is 22.8 Å². The number of rotatable bonds is 5. The van der Waals surface area contributed by atoms with Gasteiger partial charge in [-0.1, -0.05) is 29.3 Å². The summed E-state index contributed by atoms with van der Waals surface area (Å²) in [4.78, 5) is 38.3. The van der Waals surface area contributed by atoms with Crippen LogP contribution >= 0.6 is 23.2 Å². The average Bonchev–Trinajstić information content (AvgIpc) is 2.98. The minimum atomic E-state index is -4.06. The highest BCUT2D eigenvalue weighted by atomic mass is 35.5. The van der Waals surface area contributed by atoms with Crippen molar-refractivity contribution in [3.05, 3.63) is 28.2 Å². The zero-order chi connectivity index (χ0) is 20.5. The van der Waals surface area contributed by atoms with Crippen LogP contribution < -0.4 is 10.0 Å². The Bertz CT molecular complexity index is 879. The molecule has 1 aromatic rings. The van der Waals surface area contributed by atoms with Crippen LogP contribution in [0.5, 0.6) is 0 Å². The maximum atomic E-state index is 12.4. The molecule has 2 fully saturated rings. The van der Waals surface area contributed by atoms with Crippen LogP contribution in [0.2, 0.25) is 10.0 Å². The number of benzene rings is 1. The van der Waals surface area contributed by atoms with Crippen LogP contribution in [0.4, 0.5) is 4.79 Å². The van der Waals surface area contributed by atoms with Gasteiger partial charge in [0.05, 0.1) is 23.1 Å². The van der Waals surface area contributed by atoms with Crippen molar-refractivity contribution in [2.45, 2.75) is 23.8 Å². The van der Waals surface area contributed by atoms with E-state index in [9.17, 15) is 22.8 Å². The second kappa shape index (κ2) is 8.24. The van der Waals surface area contributed by atoms with Gasteiger partial charge < -0.3 is 10.2 Å². The second-order valence-corrected chi connectivity index (χ2v) is 8.93. The number of likely N-dealkylation sites (tertiary alicyclic amines) is 1. The highest BCUT2D eigenvalue weighted by molar-refractivity contribution is 7.89. The highest BCUT2D eigenvalue weighted by Gasteiger charge is 2.37. The van der Waals surface area contributed by atoms with Crippen LogP contribution in [0, 0.1) is 0 Å². The Labute approximate surface area is 172 Å². The molecule has 0 saturated carbocycles. The fraction of sp³-hybridized carbons (Fsp3) is 0.438. The molecular weight excluding hydrogens is 431 g/mol. The molecule has 152 valence electrons. The standard InChI is InChI=1S/C16H18Cl2N4O5S/c17-11-2-1-3-12(18)15(11)28(26,27)20-9-13(23)21-6-4-10(5-7-21)22-14(24)8-19-16(22)25/h1-3,10,20H,4-9H2,(H,19,25). The van der Waals surface area contributed by atoms with Gasteiger partial charge in [0.25, 0.3) is 0 Å².